The Morgan fingerprint density at radius 3 is 2.74 bits per heavy atom. The first-order chi connectivity index (χ1) is 8.89. The lowest BCUT2D eigenvalue weighted by atomic mass is 9.71. The first-order valence-corrected chi connectivity index (χ1v) is 6.87. The Morgan fingerprint density at radius 2 is 2.05 bits per heavy atom. The van der Waals surface area contributed by atoms with Crippen molar-refractivity contribution in [1.82, 2.24) is 0 Å². The largest absolute Gasteiger partial charge is 0.372 e. The summed E-state index contributed by atoms with van der Waals surface area (Å²) in [6.07, 6.45) is 2.51. The molecule has 19 heavy (non-hydrogen) atoms. The lowest BCUT2D eigenvalue weighted by molar-refractivity contribution is -0.126. The van der Waals surface area contributed by atoms with Crippen LogP contribution in [-0.4, -0.2) is 19.4 Å². The lowest BCUT2D eigenvalue weighted by Gasteiger charge is -2.36. The number of hydrogen-bond donors (Lipinski definition) is 0. The average Bonchev–Trinajstić information content (AvgIpc) is 2.34. The maximum atomic E-state index is 13.7. The van der Waals surface area contributed by atoms with E-state index in [1.165, 1.54) is 6.07 Å². The van der Waals surface area contributed by atoms with Crippen molar-refractivity contribution in [3.8, 4) is 0 Å². The highest BCUT2D eigenvalue weighted by Gasteiger charge is 2.34. The van der Waals surface area contributed by atoms with Gasteiger partial charge in [-0.05, 0) is 30.4 Å². The van der Waals surface area contributed by atoms with E-state index in [-0.39, 0.29) is 17.2 Å². The number of rotatable bonds is 3. The summed E-state index contributed by atoms with van der Waals surface area (Å²) in [7, 11) is 1.85. The van der Waals surface area contributed by atoms with Crippen LogP contribution in [-0.2, 0) is 4.79 Å². The molecule has 0 bridgehead atoms. The van der Waals surface area contributed by atoms with Gasteiger partial charge in [-0.15, -0.1) is 0 Å². The molecule has 1 aliphatic rings. The molecule has 0 N–H and O–H groups in total. The first-order valence-electron chi connectivity index (χ1n) is 6.87. The topological polar surface area (TPSA) is 20.3 Å². The van der Waals surface area contributed by atoms with Crippen molar-refractivity contribution in [2.45, 2.75) is 33.1 Å². The molecule has 1 unspecified atom stereocenters. The normalized spacial score (nSPS) is 22.3. The quantitative estimate of drug-likeness (QED) is 0.829. The summed E-state index contributed by atoms with van der Waals surface area (Å²) < 4.78 is 13.7. The Bertz CT molecular complexity index is 470. The number of halogens is 1. The Morgan fingerprint density at radius 1 is 1.37 bits per heavy atom. The second kappa shape index (κ2) is 5.32. The Labute approximate surface area is 114 Å². The number of anilines is 1. The third kappa shape index (κ3) is 3.34. The van der Waals surface area contributed by atoms with Gasteiger partial charge in [-0.1, -0.05) is 26.0 Å². The smallest absolute Gasteiger partial charge is 0.146 e. The molecule has 1 aromatic rings. The predicted octanol–water partition coefficient (Wildman–Crippen LogP) is 3.66. The van der Waals surface area contributed by atoms with E-state index in [0.717, 1.165) is 12.8 Å². The Hall–Kier alpha value is -1.38. The molecule has 0 amide bonds. The maximum absolute atomic E-state index is 13.7. The van der Waals surface area contributed by atoms with Gasteiger partial charge >= 0.3 is 0 Å². The van der Waals surface area contributed by atoms with Gasteiger partial charge in [0.1, 0.15) is 11.6 Å². The van der Waals surface area contributed by atoms with E-state index in [4.69, 9.17) is 0 Å². The Kier molecular flexibility index (Phi) is 3.93. The monoisotopic (exact) mass is 263 g/mol. The number of para-hydroxylation sites is 1. The van der Waals surface area contributed by atoms with Gasteiger partial charge in [-0.2, -0.15) is 0 Å². The van der Waals surface area contributed by atoms with Crippen molar-refractivity contribution in [3.05, 3.63) is 30.1 Å². The van der Waals surface area contributed by atoms with Crippen LogP contribution in [0.4, 0.5) is 10.1 Å². The van der Waals surface area contributed by atoms with Gasteiger partial charge in [0.2, 0.25) is 0 Å². The minimum Gasteiger partial charge on any atom is -0.372 e. The molecule has 2 rings (SSSR count). The number of carbonyl (C=O) groups excluding carboxylic acids is 1. The zero-order valence-corrected chi connectivity index (χ0v) is 11.9. The van der Waals surface area contributed by atoms with Gasteiger partial charge in [0.15, 0.2) is 0 Å². The molecule has 0 aliphatic heterocycles. The van der Waals surface area contributed by atoms with Crippen LogP contribution in [0.15, 0.2) is 24.3 Å². The number of ketones is 1. The number of hydrogen-bond acceptors (Lipinski definition) is 2. The second-order valence-corrected chi connectivity index (χ2v) is 6.36. The van der Waals surface area contributed by atoms with Crippen LogP contribution in [0.5, 0.6) is 0 Å². The molecular weight excluding hydrogens is 241 g/mol. The number of benzene rings is 1. The highest BCUT2D eigenvalue weighted by atomic mass is 19.1. The van der Waals surface area contributed by atoms with Crippen LogP contribution in [0, 0.1) is 17.2 Å². The van der Waals surface area contributed by atoms with E-state index in [0.29, 0.717) is 24.4 Å². The van der Waals surface area contributed by atoms with Crippen molar-refractivity contribution in [1.29, 1.82) is 0 Å². The van der Waals surface area contributed by atoms with Crippen molar-refractivity contribution >= 4 is 11.5 Å². The van der Waals surface area contributed by atoms with Crippen LogP contribution in [0.2, 0.25) is 0 Å². The first kappa shape index (κ1) is 14.0. The molecule has 0 saturated heterocycles. The molecular formula is C16H22FNO. The number of nitrogens with zero attached hydrogens (tertiary/aromatic N) is 1. The highest BCUT2D eigenvalue weighted by molar-refractivity contribution is 5.82. The summed E-state index contributed by atoms with van der Waals surface area (Å²) in [6, 6.07) is 6.72. The third-order valence-electron chi connectivity index (χ3n) is 4.06. The third-order valence-corrected chi connectivity index (χ3v) is 4.06. The predicted molar refractivity (Wildman–Crippen MR) is 75.8 cm³/mol. The van der Waals surface area contributed by atoms with Crippen molar-refractivity contribution in [3.63, 3.8) is 0 Å². The van der Waals surface area contributed by atoms with Crippen molar-refractivity contribution in [2.75, 3.05) is 18.5 Å². The summed E-state index contributed by atoms with van der Waals surface area (Å²) in [4.78, 5) is 13.9. The Balaban J connectivity index is 2.08. The van der Waals surface area contributed by atoms with Crippen LogP contribution >= 0.6 is 0 Å². The van der Waals surface area contributed by atoms with Crippen LogP contribution < -0.4 is 4.90 Å². The second-order valence-electron chi connectivity index (χ2n) is 6.36. The fourth-order valence-corrected chi connectivity index (χ4v) is 2.91. The molecule has 1 fully saturated rings. The molecule has 2 nitrogen and oxygen atoms in total. The highest BCUT2D eigenvalue weighted by Crippen LogP contribution is 2.37. The number of Topliss-reactive ketones (excluding diaryl/α,β-unsaturated/α-hetero) is 1. The maximum Gasteiger partial charge on any atom is 0.146 e. The van der Waals surface area contributed by atoms with Gasteiger partial charge in [-0.25, -0.2) is 4.39 Å². The van der Waals surface area contributed by atoms with Gasteiger partial charge in [0, 0.05) is 25.9 Å². The van der Waals surface area contributed by atoms with E-state index < -0.39 is 0 Å². The molecule has 0 radical (unpaired) electrons. The molecule has 1 aliphatic carbocycles. The van der Waals surface area contributed by atoms with Gasteiger partial charge < -0.3 is 4.90 Å². The van der Waals surface area contributed by atoms with Crippen LogP contribution in [0.1, 0.15) is 33.1 Å². The molecule has 0 spiro atoms. The van der Waals surface area contributed by atoms with Crippen LogP contribution in [0.3, 0.4) is 0 Å². The molecule has 1 aromatic carbocycles. The molecule has 0 heterocycles. The van der Waals surface area contributed by atoms with Crippen molar-refractivity contribution < 1.29 is 9.18 Å². The van der Waals surface area contributed by atoms with E-state index in [9.17, 15) is 9.18 Å². The van der Waals surface area contributed by atoms with Gasteiger partial charge in [0.25, 0.3) is 0 Å². The van der Waals surface area contributed by atoms with Gasteiger partial charge in [-0.3, -0.25) is 4.79 Å². The fraction of sp³-hybridized carbons (Fsp3) is 0.562. The lowest BCUT2D eigenvalue weighted by Crippen LogP contribution is -2.37. The zero-order chi connectivity index (χ0) is 14.0. The van der Waals surface area contributed by atoms with E-state index in [2.05, 4.69) is 13.8 Å². The summed E-state index contributed by atoms with van der Waals surface area (Å²) in [5, 5.41) is 0. The summed E-state index contributed by atoms with van der Waals surface area (Å²) in [5.41, 5.74) is 0.785. The van der Waals surface area contributed by atoms with Gasteiger partial charge in [0.05, 0.1) is 5.69 Å². The molecule has 1 saturated carbocycles. The molecule has 104 valence electrons. The number of carbonyl (C=O) groups is 1. The van der Waals surface area contributed by atoms with E-state index in [1.54, 1.807) is 12.1 Å². The molecule has 3 heteroatoms. The minimum absolute atomic E-state index is 0.0216. The fourth-order valence-electron chi connectivity index (χ4n) is 2.91. The van der Waals surface area contributed by atoms with E-state index >= 15 is 0 Å². The standard InChI is InChI=1S/C16H22FNO/c1-16(2)9-8-15(19)12(10-16)11-18(3)14-7-5-4-6-13(14)17/h4-7,12H,8-11H2,1-3H3. The summed E-state index contributed by atoms with van der Waals surface area (Å²) in [6.45, 7) is 5.01. The van der Waals surface area contributed by atoms with Crippen molar-refractivity contribution in [2.24, 2.45) is 11.3 Å². The summed E-state index contributed by atoms with van der Waals surface area (Å²) >= 11 is 0. The average molecular weight is 263 g/mol. The zero-order valence-electron chi connectivity index (χ0n) is 11.9. The molecule has 0 aromatic heterocycles. The van der Waals surface area contributed by atoms with Crippen LogP contribution in [0.25, 0.3) is 0 Å². The molecule has 1 atom stereocenters. The summed E-state index contributed by atoms with van der Waals surface area (Å²) in [5.74, 6) is 0.114. The van der Waals surface area contributed by atoms with E-state index in [1.807, 2.05) is 18.0 Å². The SMILES string of the molecule is CN(CC1CC(C)(C)CCC1=O)c1ccccc1F. The minimum atomic E-state index is -0.229.